The van der Waals surface area contributed by atoms with Crippen LogP contribution in [0.5, 0.6) is 0 Å². The highest BCUT2D eigenvalue weighted by Crippen LogP contribution is 2.46. The van der Waals surface area contributed by atoms with Gasteiger partial charge in [-0.05, 0) is 85.3 Å². The van der Waals surface area contributed by atoms with Crippen molar-refractivity contribution in [3.63, 3.8) is 0 Å². The Morgan fingerprint density at radius 1 is 0.963 bits per heavy atom. The van der Waals surface area contributed by atoms with E-state index in [4.69, 9.17) is 32.6 Å². The summed E-state index contributed by atoms with van der Waals surface area (Å²) in [5, 5.41) is 35.9. The summed E-state index contributed by atoms with van der Waals surface area (Å²) in [4.78, 5) is 25.5. The quantitative estimate of drug-likeness (QED) is 0.138. The van der Waals surface area contributed by atoms with E-state index in [0.29, 0.717) is 74.6 Å². The number of hydrogen-bond donors (Lipinski definition) is 3. The number of fused-ring (bicyclic) bond motifs is 3. The van der Waals surface area contributed by atoms with Crippen molar-refractivity contribution in [3.05, 3.63) is 105 Å². The molecule has 0 amide bonds. The largest absolute Gasteiger partial charge is 0.481 e. The fraction of sp³-hybridized carbons (Fsp3) is 0.286. The van der Waals surface area contributed by atoms with Gasteiger partial charge in [-0.1, -0.05) is 47.5 Å². The molecule has 3 aromatic carbocycles. The van der Waals surface area contributed by atoms with Crippen molar-refractivity contribution in [1.29, 1.82) is 5.26 Å². The first-order chi connectivity index (χ1) is 26.2. The second-order valence-electron chi connectivity index (χ2n) is 14.5. The summed E-state index contributed by atoms with van der Waals surface area (Å²) in [6.07, 6.45) is 6.33. The molecular weight excluding hydrogens is 723 g/mol. The van der Waals surface area contributed by atoms with Crippen LogP contribution in [0, 0.1) is 17.2 Å². The smallest absolute Gasteiger partial charge is 0.307 e. The number of aliphatic carboxylic acids is 1. The minimum absolute atomic E-state index is 0.0714. The molecule has 0 radical (unpaired) electrons. The maximum absolute atomic E-state index is 11.7. The number of nitrogens with one attached hydrogen (secondary N) is 1. The first kappa shape index (κ1) is 34.7. The van der Waals surface area contributed by atoms with Crippen molar-refractivity contribution in [2.24, 2.45) is 5.92 Å². The van der Waals surface area contributed by atoms with Crippen molar-refractivity contribution in [2.75, 3.05) is 31.5 Å². The molecular formula is C42H36Cl2N6O4. The van der Waals surface area contributed by atoms with Gasteiger partial charge in [0.1, 0.15) is 17.3 Å². The van der Waals surface area contributed by atoms with Gasteiger partial charge < -0.3 is 19.9 Å². The number of aliphatic hydroxyl groups is 1. The Hall–Kier alpha value is -5.02. The summed E-state index contributed by atoms with van der Waals surface area (Å²) in [6.45, 7) is 3.50. The fourth-order valence-electron chi connectivity index (χ4n) is 8.54. The Morgan fingerprint density at radius 2 is 1.78 bits per heavy atom. The molecule has 2 saturated heterocycles. The predicted octanol–water partition coefficient (Wildman–Crippen LogP) is 8.59. The van der Waals surface area contributed by atoms with E-state index in [-0.39, 0.29) is 18.1 Å². The van der Waals surface area contributed by atoms with Crippen molar-refractivity contribution in [1.82, 2.24) is 19.8 Å². The van der Waals surface area contributed by atoms with Gasteiger partial charge in [-0.2, -0.15) is 5.26 Å². The van der Waals surface area contributed by atoms with E-state index in [1.54, 1.807) is 6.20 Å². The van der Waals surface area contributed by atoms with Gasteiger partial charge in [0.15, 0.2) is 11.4 Å². The molecule has 12 heteroatoms. The number of nitrogens with zero attached hydrogens (tertiary/aromatic N) is 5. The number of benzene rings is 3. The van der Waals surface area contributed by atoms with Gasteiger partial charge >= 0.3 is 5.97 Å². The highest BCUT2D eigenvalue weighted by Gasteiger charge is 2.37. The average molecular weight is 760 g/mol. The van der Waals surface area contributed by atoms with Crippen molar-refractivity contribution < 1.29 is 19.4 Å². The molecule has 9 rings (SSSR count). The number of aromatic nitrogens is 2. The van der Waals surface area contributed by atoms with E-state index in [9.17, 15) is 20.3 Å². The number of halogens is 2. The van der Waals surface area contributed by atoms with Crippen LogP contribution in [0.2, 0.25) is 10.0 Å². The van der Waals surface area contributed by atoms with Gasteiger partial charge in [0.05, 0.1) is 33.3 Å². The monoisotopic (exact) mass is 758 g/mol. The maximum Gasteiger partial charge on any atom is 0.307 e. The number of anilines is 2. The summed E-state index contributed by atoms with van der Waals surface area (Å²) in [6, 6.07) is 22.0. The topological polar surface area (TPSA) is 139 Å². The number of pyridine rings is 2. The fourth-order valence-corrected chi connectivity index (χ4v) is 9.14. The lowest BCUT2D eigenvalue weighted by Crippen LogP contribution is -2.26. The summed E-state index contributed by atoms with van der Waals surface area (Å²) in [7, 11) is 0. The molecule has 0 bridgehead atoms. The Bertz CT molecular complexity index is 2510. The first-order valence-electron chi connectivity index (χ1n) is 18.2. The Balaban J connectivity index is 1.01. The van der Waals surface area contributed by atoms with E-state index < -0.39 is 5.97 Å². The minimum atomic E-state index is -0.753. The molecule has 272 valence electrons. The molecule has 3 N–H and O–H groups in total. The standard InChI is InChI=1S/C42H36Cl2N6O4/c43-37-29(30-4-2-6-34(38(30)44)48-41-39-24(9-12-46-41)15-23(19-47-39)20-49-13-11-27(51)22-49)3-1-5-31(37)36-17-26-16-32-28(33(18-45)40(26)54-36)7-8-35(32)50-14-10-25(21-50)42(52)53/h1-6,9,12,15-17,19,25,27,35,51H,7-8,10-11,13-14,20-22H2,(H,46,48)(H,52,53)/t25-,27-,35?/m1/s1. The number of furan rings is 1. The third-order valence-corrected chi connectivity index (χ3v) is 12.0. The van der Waals surface area contributed by atoms with Crippen LogP contribution >= 0.6 is 23.2 Å². The molecule has 3 aliphatic rings. The highest BCUT2D eigenvalue weighted by atomic mass is 35.5. The molecule has 10 nitrogen and oxygen atoms in total. The van der Waals surface area contributed by atoms with E-state index in [2.05, 4.69) is 38.3 Å². The molecule has 54 heavy (non-hydrogen) atoms. The van der Waals surface area contributed by atoms with E-state index in [1.807, 2.05) is 54.7 Å². The average Bonchev–Trinajstić information content (AvgIpc) is 3.99. The van der Waals surface area contributed by atoms with Crippen LogP contribution in [-0.4, -0.2) is 68.2 Å². The lowest BCUT2D eigenvalue weighted by atomic mass is 9.98. The minimum Gasteiger partial charge on any atom is -0.481 e. The number of β-amino-alcohol motifs (C(OH)–C–C–N with tert-alkyl or cyclic N) is 1. The highest BCUT2D eigenvalue weighted by molar-refractivity contribution is 6.39. The number of rotatable bonds is 8. The van der Waals surface area contributed by atoms with Gasteiger partial charge in [-0.25, -0.2) is 4.98 Å². The molecule has 0 spiro atoms. The third-order valence-electron chi connectivity index (χ3n) is 11.2. The van der Waals surface area contributed by atoms with Crippen LogP contribution in [0.1, 0.15) is 47.6 Å². The van der Waals surface area contributed by atoms with Crippen LogP contribution in [0.15, 0.2) is 77.5 Å². The van der Waals surface area contributed by atoms with E-state index in [1.165, 1.54) is 0 Å². The van der Waals surface area contributed by atoms with E-state index in [0.717, 1.165) is 71.9 Å². The van der Waals surface area contributed by atoms with Crippen LogP contribution in [0.3, 0.4) is 0 Å². The maximum atomic E-state index is 11.7. The van der Waals surface area contributed by atoms with Crippen molar-refractivity contribution >= 4 is 62.5 Å². The molecule has 6 aromatic rings. The molecule has 1 aliphatic carbocycles. The SMILES string of the molecule is N#Cc1c2c(cc3cc(-c4cccc(-c5cccc(Nc6nccc7cc(CN8CC[C@@H](O)C8)cnc67)c5Cl)c4Cl)oc13)C(N1CC[C@@H](C(=O)O)C1)CC2. The Morgan fingerprint density at radius 3 is 2.56 bits per heavy atom. The van der Waals surface area contributed by atoms with Crippen molar-refractivity contribution in [3.8, 4) is 28.5 Å². The number of likely N-dealkylation sites (tertiary alicyclic amines) is 2. The number of carboxylic acid groups (broad SMARTS) is 1. The molecule has 3 atom stereocenters. The summed E-state index contributed by atoms with van der Waals surface area (Å²) < 4.78 is 6.43. The number of aliphatic hydroxyl groups excluding tert-OH is 1. The third kappa shape index (κ3) is 6.16. The van der Waals surface area contributed by atoms with Crippen LogP contribution in [0.25, 0.3) is 44.3 Å². The number of carbonyl (C=O) groups is 1. The second kappa shape index (κ2) is 14.0. The number of nitriles is 1. The normalized spacial score (nSPS) is 20.1. The second-order valence-corrected chi connectivity index (χ2v) is 15.3. The van der Waals surface area contributed by atoms with Gasteiger partial charge in [0, 0.05) is 72.1 Å². The van der Waals surface area contributed by atoms with Crippen LogP contribution < -0.4 is 5.32 Å². The predicted molar refractivity (Wildman–Crippen MR) is 209 cm³/mol. The summed E-state index contributed by atoms with van der Waals surface area (Å²) in [5.74, 6) is -0.00452. The zero-order chi connectivity index (χ0) is 37.1. The Labute approximate surface area is 321 Å². The number of hydrogen-bond acceptors (Lipinski definition) is 9. The Kier molecular flexibility index (Phi) is 9.00. The lowest BCUT2D eigenvalue weighted by molar-refractivity contribution is -0.141. The van der Waals surface area contributed by atoms with Crippen molar-refractivity contribution in [2.45, 2.75) is 44.4 Å². The molecule has 2 fully saturated rings. The molecule has 3 aromatic heterocycles. The van der Waals surface area contributed by atoms with Crippen LogP contribution in [0.4, 0.5) is 11.5 Å². The van der Waals surface area contributed by atoms with Gasteiger partial charge in [0.2, 0.25) is 0 Å². The zero-order valence-electron chi connectivity index (χ0n) is 29.2. The number of carboxylic acids is 1. The molecule has 5 heterocycles. The van der Waals surface area contributed by atoms with E-state index >= 15 is 0 Å². The van der Waals surface area contributed by atoms with Gasteiger partial charge in [-0.15, -0.1) is 0 Å². The lowest BCUT2D eigenvalue weighted by Gasteiger charge is -2.24. The summed E-state index contributed by atoms with van der Waals surface area (Å²) >= 11 is 14.3. The molecule has 1 unspecified atom stereocenters. The molecule has 0 saturated carbocycles. The van der Waals surface area contributed by atoms with Gasteiger partial charge in [-0.3, -0.25) is 19.6 Å². The van der Waals surface area contributed by atoms with Gasteiger partial charge in [0.25, 0.3) is 0 Å². The zero-order valence-corrected chi connectivity index (χ0v) is 30.7. The molecule has 2 aliphatic heterocycles. The van der Waals surface area contributed by atoms with Crippen LogP contribution in [-0.2, 0) is 17.8 Å². The first-order valence-corrected chi connectivity index (χ1v) is 19.0. The summed E-state index contributed by atoms with van der Waals surface area (Å²) in [5.41, 5.74) is 7.65.